The van der Waals surface area contributed by atoms with Gasteiger partial charge < -0.3 is 4.84 Å². The maximum atomic E-state index is 7.72. The summed E-state index contributed by atoms with van der Waals surface area (Å²) >= 11 is 0. The highest BCUT2D eigenvalue weighted by Crippen LogP contribution is 1.74. The molecule has 0 heterocycles. The van der Waals surface area contributed by atoms with E-state index in [2.05, 4.69) is 26.7 Å². The normalized spacial score (nSPS) is 7.00. The quantitative estimate of drug-likeness (QED) is 0.134. The predicted molar refractivity (Wildman–Crippen MR) is 29.5 cm³/mol. The first-order chi connectivity index (χ1) is 3.91. The number of azide groups is 1. The second-order valence-corrected chi connectivity index (χ2v) is 0.917. The molecule has 0 spiro atoms. The van der Waals surface area contributed by atoms with Gasteiger partial charge in [0.05, 0.1) is 6.54 Å². The van der Waals surface area contributed by atoms with Gasteiger partial charge in [-0.05, 0) is 5.53 Å². The van der Waals surface area contributed by atoms with Crippen molar-refractivity contribution < 1.29 is 4.84 Å². The summed E-state index contributed by atoms with van der Waals surface area (Å²) < 4.78 is 0. The lowest BCUT2D eigenvalue weighted by Crippen LogP contribution is -1.89. The van der Waals surface area contributed by atoms with Gasteiger partial charge in [0.15, 0.2) is 0 Å². The van der Waals surface area contributed by atoms with Crippen LogP contribution in [0.5, 0.6) is 0 Å². The topological polar surface area (TPSA) is 70.4 Å². The van der Waals surface area contributed by atoms with E-state index in [-0.39, 0.29) is 0 Å². The van der Waals surface area contributed by atoms with E-state index in [9.17, 15) is 0 Å². The fourth-order valence-corrected chi connectivity index (χ4v) is 0.191. The molecule has 0 aliphatic carbocycles. The van der Waals surface area contributed by atoms with Crippen LogP contribution in [0.15, 0.2) is 10.3 Å². The molecule has 8 heavy (non-hydrogen) atoms. The molecule has 0 saturated heterocycles. The van der Waals surface area contributed by atoms with Gasteiger partial charge in [-0.15, -0.1) is 5.16 Å². The van der Waals surface area contributed by atoms with E-state index in [0.29, 0.717) is 13.2 Å². The highest BCUT2D eigenvalue weighted by Gasteiger charge is 1.76. The van der Waals surface area contributed by atoms with Gasteiger partial charge in [-0.2, -0.15) is 0 Å². The third kappa shape index (κ3) is 4.78. The van der Waals surface area contributed by atoms with Crippen LogP contribution < -0.4 is 0 Å². The molecule has 0 atom stereocenters. The Kier molecular flexibility index (Phi) is 4.90. The van der Waals surface area contributed by atoms with Gasteiger partial charge in [0.25, 0.3) is 0 Å². The molecule has 0 aliphatic heterocycles. The van der Waals surface area contributed by atoms with E-state index in [0.717, 1.165) is 0 Å². The van der Waals surface area contributed by atoms with Gasteiger partial charge >= 0.3 is 0 Å². The van der Waals surface area contributed by atoms with E-state index in [1.54, 1.807) is 0 Å². The first kappa shape index (κ1) is 6.78. The summed E-state index contributed by atoms with van der Waals surface area (Å²) in [7, 11) is 0. The SMILES string of the molecule is C=NOCCN=[N+]=[N-]. The van der Waals surface area contributed by atoms with Crippen molar-refractivity contribution in [1.29, 1.82) is 0 Å². The van der Waals surface area contributed by atoms with Crippen LogP contribution >= 0.6 is 0 Å². The maximum absolute atomic E-state index is 7.72. The molecular formula is C3H6N4O. The molecule has 0 aromatic rings. The van der Waals surface area contributed by atoms with Crippen molar-refractivity contribution in [2.24, 2.45) is 10.3 Å². The lowest BCUT2D eigenvalue weighted by Gasteiger charge is -1.88. The van der Waals surface area contributed by atoms with E-state index >= 15 is 0 Å². The summed E-state index contributed by atoms with van der Waals surface area (Å²) in [5.74, 6) is 0. The van der Waals surface area contributed by atoms with Crippen molar-refractivity contribution >= 4 is 6.72 Å². The Hall–Kier alpha value is -1.22. The second-order valence-electron chi connectivity index (χ2n) is 0.917. The zero-order valence-corrected chi connectivity index (χ0v) is 4.32. The molecular weight excluding hydrogens is 108 g/mol. The van der Waals surface area contributed by atoms with Crippen LogP contribution in [-0.4, -0.2) is 19.9 Å². The first-order valence-corrected chi connectivity index (χ1v) is 2.00. The van der Waals surface area contributed by atoms with Gasteiger partial charge in [0, 0.05) is 11.6 Å². The highest BCUT2D eigenvalue weighted by atomic mass is 16.6. The number of oxime groups is 1. The summed E-state index contributed by atoms with van der Waals surface area (Å²) in [6.07, 6.45) is 0. The number of hydrogen-bond donors (Lipinski definition) is 0. The number of rotatable bonds is 4. The van der Waals surface area contributed by atoms with Gasteiger partial charge in [-0.25, -0.2) is 0 Å². The molecule has 0 saturated carbocycles. The zero-order valence-electron chi connectivity index (χ0n) is 4.32. The fourth-order valence-electron chi connectivity index (χ4n) is 0.191. The van der Waals surface area contributed by atoms with Crippen molar-refractivity contribution in [2.75, 3.05) is 13.2 Å². The standard InChI is InChI=1S/C3H6N4O/c1-5-8-3-2-6-7-4/h1-3H2. The average Bonchev–Trinajstić information content (AvgIpc) is 1.81. The van der Waals surface area contributed by atoms with Crippen molar-refractivity contribution in [3.8, 4) is 0 Å². The minimum absolute atomic E-state index is 0.299. The molecule has 0 N–H and O–H groups in total. The van der Waals surface area contributed by atoms with Crippen LogP contribution in [-0.2, 0) is 4.84 Å². The van der Waals surface area contributed by atoms with Crippen LogP contribution in [0.2, 0.25) is 0 Å². The third-order valence-corrected chi connectivity index (χ3v) is 0.437. The molecule has 0 aliphatic rings. The highest BCUT2D eigenvalue weighted by molar-refractivity contribution is 5.21. The average molecular weight is 114 g/mol. The monoisotopic (exact) mass is 114 g/mol. The summed E-state index contributed by atoms with van der Waals surface area (Å²) in [5, 5.41) is 6.25. The Bertz CT molecular complexity index is 106. The molecule has 0 rings (SSSR count). The van der Waals surface area contributed by atoms with Crippen LogP contribution in [0.3, 0.4) is 0 Å². The molecule has 0 bridgehead atoms. The summed E-state index contributed by atoms with van der Waals surface area (Å²) in [6.45, 7) is 3.65. The lowest BCUT2D eigenvalue weighted by atomic mass is 10.7. The van der Waals surface area contributed by atoms with Crippen LogP contribution in [0.25, 0.3) is 10.4 Å². The van der Waals surface area contributed by atoms with Gasteiger partial charge in [-0.1, -0.05) is 5.11 Å². The third-order valence-electron chi connectivity index (χ3n) is 0.437. The van der Waals surface area contributed by atoms with Crippen molar-refractivity contribution in [3.05, 3.63) is 10.4 Å². The Morgan fingerprint density at radius 2 is 2.50 bits per heavy atom. The van der Waals surface area contributed by atoms with Crippen molar-refractivity contribution in [2.45, 2.75) is 0 Å². The van der Waals surface area contributed by atoms with E-state index in [1.165, 1.54) is 0 Å². The summed E-state index contributed by atoms with van der Waals surface area (Å²) in [5.41, 5.74) is 7.72. The summed E-state index contributed by atoms with van der Waals surface area (Å²) in [4.78, 5) is 6.88. The van der Waals surface area contributed by atoms with Crippen LogP contribution in [0.4, 0.5) is 0 Å². The Morgan fingerprint density at radius 1 is 1.75 bits per heavy atom. The molecule has 44 valence electrons. The minimum atomic E-state index is 0.299. The maximum Gasteiger partial charge on any atom is 0.122 e. The Morgan fingerprint density at radius 3 is 3.00 bits per heavy atom. The fraction of sp³-hybridized carbons (Fsp3) is 0.667. The molecule has 0 radical (unpaired) electrons. The van der Waals surface area contributed by atoms with Gasteiger partial charge in [-0.3, -0.25) is 0 Å². The Balaban J connectivity index is 2.93. The van der Waals surface area contributed by atoms with Gasteiger partial charge in [0.1, 0.15) is 6.61 Å². The molecule has 0 fully saturated rings. The molecule has 0 aromatic carbocycles. The first-order valence-electron chi connectivity index (χ1n) is 2.00. The number of nitrogens with zero attached hydrogens (tertiary/aromatic N) is 4. The smallest absolute Gasteiger partial charge is 0.122 e. The molecule has 5 heteroatoms. The Labute approximate surface area is 46.6 Å². The van der Waals surface area contributed by atoms with Gasteiger partial charge in [0.2, 0.25) is 0 Å². The number of hydrogen-bond acceptors (Lipinski definition) is 3. The second kappa shape index (κ2) is 5.78. The largest absolute Gasteiger partial charge is 0.396 e. The van der Waals surface area contributed by atoms with Crippen molar-refractivity contribution in [3.63, 3.8) is 0 Å². The molecule has 0 aromatic heterocycles. The van der Waals surface area contributed by atoms with E-state index < -0.39 is 0 Å². The summed E-state index contributed by atoms with van der Waals surface area (Å²) in [6, 6.07) is 0. The van der Waals surface area contributed by atoms with Crippen LogP contribution in [0.1, 0.15) is 0 Å². The van der Waals surface area contributed by atoms with E-state index in [4.69, 9.17) is 5.53 Å². The zero-order chi connectivity index (χ0) is 6.24. The molecule has 5 nitrogen and oxygen atoms in total. The molecule has 0 unspecified atom stereocenters. The molecule has 0 amide bonds. The van der Waals surface area contributed by atoms with Crippen molar-refractivity contribution in [1.82, 2.24) is 0 Å². The minimum Gasteiger partial charge on any atom is -0.396 e. The predicted octanol–water partition coefficient (Wildman–Crippen LogP) is 0.929. The van der Waals surface area contributed by atoms with E-state index in [1.807, 2.05) is 0 Å². The lowest BCUT2D eigenvalue weighted by molar-refractivity contribution is 0.155. The van der Waals surface area contributed by atoms with Crippen LogP contribution in [0, 0.1) is 0 Å².